The number of furan rings is 1. The average molecular weight is 291 g/mol. The van der Waals surface area contributed by atoms with Crippen LogP contribution in [-0.4, -0.2) is 37.8 Å². The number of aromatic carboxylic acids is 1. The quantitative estimate of drug-likeness (QED) is 0.702. The molecule has 0 radical (unpaired) electrons. The molecule has 0 aliphatic rings. The van der Waals surface area contributed by atoms with Gasteiger partial charge in [0.1, 0.15) is 22.0 Å². The highest BCUT2D eigenvalue weighted by molar-refractivity contribution is 7.89. The number of hydrogen-bond acceptors (Lipinski definition) is 5. The molecule has 1 heterocycles. The van der Waals surface area contributed by atoms with E-state index in [9.17, 15) is 13.2 Å². The molecule has 1 aromatic rings. The molecule has 1 rings (SSSR count). The van der Waals surface area contributed by atoms with Crippen molar-refractivity contribution >= 4 is 16.0 Å². The second kappa shape index (κ2) is 5.72. The van der Waals surface area contributed by atoms with Crippen LogP contribution in [0.1, 0.15) is 28.8 Å². The van der Waals surface area contributed by atoms with Gasteiger partial charge in [0.2, 0.25) is 10.0 Å². The molecule has 0 saturated heterocycles. The Balaban J connectivity index is 3.18. The highest BCUT2D eigenvalue weighted by Crippen LogP contribution is 2.26. The third-order valence-electron chi connectivity index (χ3n) is 2.62. The van der Waals surface area contributed by atoms with E-state index in [-0.39, 0.29) is 41.0 Å². The van der Waals surface area contributed by atoms with Crippen molar-refractivity contribution in [1.29, 1.82) is 0 Å². The summed E-state index contributed by atoms with van der Waals surface area (Å²) in [6, 6.07) is 0. The van der Waals surface area contributed by atoms with Gasteiger partial charge in [0.05, 0.1) is 0 Å². The first-order valence-corrected chi connectivity index (χ1v) is 7.12. The Morgan fingerprint density at radius 2 is 1.95 bits per heavy atom. The number of rotatable bonds is 6. The van der Waals surface area contributed by atoms with E-state index in [1.165, 1.54) is 13.8 Å². The van der Waals surface area contributed by atoms with Crippen molar-refractivity contribution in [3.8, 4) is 0 Å². The van der Waals surface area contributed by atoms with Crippen LogP contribution in [0.5, 0.6) is 0 Å². The third-order valence-corrected chi connectivity index (χ3v) is 4.20. The first-order valence-electron chi connectivity index (χ1n) is 5.64. The van der Waals surface area contributed by atoms with Gasteiger partial charge in [-0.1, -0.05) is 6.92 Å². The lowest BCUT2D eigenvalue weighted by molar-refractivity contribution is 0.0691. The van der Waals surface area contributed by atoms with Crippen LogP contribution < -0.4 is 4.72 Å². The Hall–Kier alpha value is -1.38. The molecule has 0 aliphatic carbocycles. The lowest BCUT2D eigenvalue weighted by Crippen LogP contribution is -2.30. The molecule has 108 valence electrons. The van der Waals surface area contributed by atoms with E-state index in [1.807, 2.05) is 0 Å². The fourth-order valence-corrected chi connectivity index (χ4v) is 3.19. The molecule has 1 atom stereocenters. The van der Waals surface area contributed by atoms with Crippen molar-refractivity contribution < 1.29 is 27.8 Å². The Morgan fingerprint density at radius 1 is 1.37 bits per heavy atom. The minimum Gasteiger partial charge on any atom is -0.478 e. The summed E-state index contributed by atoms with van der Waals surface area (Å²) in [5, 5.41) is 17.9. The van der Waals surface area contributed by atoms with Crippen molar-refractivity contribution in [3.63, 3.8) is 0 Å². The van der Waals surface area contributed by atoms with Gasteiger partial charge in [-0.15, -0.1) is 0 Å². The summed E-state index contributed by atoms with van der Waals surface area (Å²) in [5.41, 5.74) is -0.360. The molecule has 0 aromatic carbocycles. The van der Waals surface area contributed by atoms with Gasteiger partial charge in [-0.25, -0.2) is 17.9 Å². The Kier molecular flexibility index (Phi) is 4.72. The first kappa shape index (κ1) is 15.7. The standard InChI is InChI=1S/C11H17NO6S/c1-6(5-13)4-12-19(16,17)10-8(3)18-7(2)9(10)11(14)15/h6,12-13H,4-5H2,1-3H3,(H,14,15). The second-order valence-electron chi connectivity index (χ2n) is 4.36. The Labute approximate surface area is 111 Å². The van der Waals surface area contributed by atoms with E-state index >= 15 is 0 Å². The summed E-state index contributed by atoms with van der Waals surface area (Å²) in [4.78, 5) is 10.7. The smallest absolute Gasteiger partial charge is 0.340 e. The SMILES string of the molecule is Cc1oc(C)c(S(=O)(=O)NCC(C)CO)c1C(=O)O. The highest BCUT2D eigenvalue weighted by Gasteiger charge is 2.30. The van der Waals surface area contributed by atoms with E-state index in [4.69, 9.17) is 14.6 Å². The number of carboxylic acid groups (broad SMARTS) is 1. The van der Waals surface area contributed by atoms with Crippen LogP contribution in [0.25, 0.3) is 0 Å². The number of hydrogen-bond donors (Lipinski definition) is 3. The molecule has 0 bridgehead atoms. The molecular formula is C11H17NO6S. The van der Waals surface area contributed by atoms with Gasteiger partial charge < -0.3 is 14.6 Å². The van der Waals surface area contributed by atoms with Crippen LogP contribution in [0, 0.1) is 19.8 Å². The zero-order valence-electron chi connectivity index (χ0n) is 10.9. The maximum atomic E-state index is 12.1. The van der Waals surface area contributed by atoms with Crippen LogP contribution in [0.3, 0.4) is 0 Å². The predicted octanol–water partition coefficient (Wildman–Crippen LogP) is 0.501. The fraction of sp³-hybridized carbons (Fsp3) is 0.545. The zero-order chi connectivity index (χ0) is 14.8. The number of sulfonamides is 1. The lowest BCUT2D eigenvalue weighted by atomic mass is 10.2. The number of aliphatic hydroxyl groups excluding tert-OH is 1. The van der Waals surface area contributed by atoms with Gasteiger partial charge >= 0.3 is 5.97 Å². The Bertz CT molecular complexity index is 574. The van der Waals surface area contributed by atoms with Crippen molar-refractivity contribution in [1.82, 2.24) is 4.72 Å². The van der Waals surface area contributed by atoms with Gasteiger partial charge in [-0.2, -0.15) is 0 Å². The predicted molar refractivity (Wildman–Crippen MR) is 66.6 cm³/mol. The molecule has 0 fully saturated rings. The zero-order valence-corrected chi connectivity index (χ0v) is 11.7. The average Bonchev–Trinajstić information content (AvgIpc) is 2.61. The monoisotopic (exact) mass is 291 g/mol. The molecule has 0 amide bonds. The second-order valence-corrected chi connectivity index (χ2v) is 6.07. The summed E-state index contributed by atoms with van der Waals surface area (Å²) in [6.45, 7) is 4.29. The molecule has 0 aliphatic heterocycles. The van der Waals surface area contributed by atoms with Gasteiger partial charge in [0, 0.05) is 13.2 Å². The molecule has 1 aromatic heterocycles. The minimum absolute atomic E-state index is 0.0154. The number of aryl methyl sites for hydroxylation is 2. The molecular weight excluding hydrogens is 274 g/mol. The van der Waals surface area contributed by atoms with E-state index in [0.717, 1.165) is 0 Å². The third kappa shape index (κ3) is 3.34. The fourth-order valence-electron chi connectivity index (χ4n) is 1.62. The van der Waals surface area contributed by atoms with Crippen LogP contribution in [-0.2, 0) is 10.0 Å². The molecule has 7 nitrogen and oxygen atoms in total. The minimum atomic E-state index is -3.99. The van der Waals surface area contributed by atoms with E-state index in [1.54, 1.807) is 6.92 Å². The van der Waals surface area contributed by atoms with Gasteiger partial charge in [0.25, 0.3) is 0 Å². The van der Waals surface area contributed by atoms with E-state index in [2.05, 4.69) is 4.72 Å². The summed E-state index contributed by atoms with van der Waals surface area (Å²) in [5.74, 6) is -1.55. The molecule has 0 saturated carbocycles. The Morgan fingerprint density at radius 3 is 2.42 bits per heavy atom. The summed E-state index contributed by atoms with van der Waals surface area (Å²) < 4.78 is 31.5. The van der Waals surface area contributed by atoms with Crippen molar-refractivity contribution in [2.24, 2.45) is 5.92 Å². The molecule has 1 unspecified atom stereocenters. The lowest BCUT2D eigenvalue weighted by Gasteiger charge is -2.10. The normalized spacial score (nSPS) is 13.5. The van der Waals surface area contributed by atoms with Crippen LogP contribution in [0.4, 0.5) is 0 Å². The maximum Gasteiger partial charge on any atom is 0.340 e. The van der Waals surface area contributed by atoms with E-state index in [0.29, 0.717) is 0 Å². The van der Waals surface area contributed by atoms with Crippen molar-refractivity contribution in [2.45, 2.75) is 25.7 Å². The number of nitrogens with one attached hydrogen (secondary N) is 1. The van der Waals surface area contributed by atoms with Gasteiger partial charge in [-0.3, -0.25) is 0 Å². The summed E-state index contributed by atoms with van der Waals surface area (Å²) >= 11 is 0. The van der Waals surface area contributed by atoms with Crippen LogP contribution in [0.15, 0.2) is 9.31 Å². The van der Waals surface area contributed by atoms with Crippen LogP contribution in [0.2, 0.25) is 0 Å². The molecule has 8 heteroatoms. The highest BCUT2D eigenvalue weighted by atomic mass is 32.2. The number of aliphatic hydroxyl groups is 1. The van der Waals surface area contributed by atoms with E-state index < -0.39 is 16.0 Å². The van der Waals surface area contributed by atoms with Crippen LogP contribution >= 0.6 is 0 Å². The first-order chi connectivity index (χ1) is 8.70. The van der Waals surface area contributed by atoms with Gasteiger partial charge in [0.15, 0.2) is 0 Å². The molecule has 0 spiro atoms. The summed E-state index contributed by atoms with van der Waals surface area (Å²) in [6.07, 6.45) is 0. The molecule has 19 heavy (non-hydrogen) atoms. The molecule has 3 N–H and O–H groups in total. The summed E-state index contributed by atoms with van der Waals surface area (Å²) in [7, 11) is -3.99. The van der Waals surface area contributed by atoms with Crippen molar-refractivity contribution in [2.75, 3.05) is 13.2 Å². The topological polar surface area (TPSA) is 117 Å². The van der Waals surface area contributed by atoms with Gasteiger partial charge in [-0.05, 0) is 19.8 Å². The number of carboxylic acids is 1. The number of carbonyl (C=O) groups is 1. The largest absolute Gasteiger partial charge is 0.478 e. The maximum absolute atomic E-state index is 12.1. The van der Waals surface area contributed by atoms with Crippen molar-refractivity contribution in [3.05, 3.63) is 17.1 Å².